The molecule has 0 aromatic rings. The highest BCUT2D eigenvalue weighted by Crippen LogP contribution is 2.44. The van der Waals surface area contributed by atoms with Crippen molar-refractivity contribution in [1.29, 1.82) is 0 Å². The van der Waals surface area contributed by atoms with Gasteiger partial charge in [-0.1, -0.05) is 13.8 Å². The first-order valence-corrected chi connectivity index (χ1v) is 6.54. The van der Waals surface area contributed by atoms with Crippen LogP contribution in [0.2, 0.25) is 0 Å². The van der Waals surface area contributed by atoms with E-state index >= 15 is 0 Å². The maximum Gasteiger partial charge on any atom is 0.0833 e. The first-order chi connectivity index (χ1) is 7.45. The molecular weight excluding hydrogens is 202 g/mol. The Kier molecular flexibility index (Phi) is 3.30. The Labute approximate surface area is 98.4 Å². The van der Waals surface area contributed by atoms with E-state index in [1.54, 1.807) is 0 Å². The van der Waals surface area contributed by atoms with Crippen molar-refractivity contribution >= 4 is 0 Å². The lowest BCUT2D eigenvalue weighted by molar-refractivity contribution is -0.121. The summed E-state index contributed by atoms with van der Waals surface area (Å²) in [5.74, 6) is 1.16. The van der Waals surface area contributed by atoms with Crippen molar-refractivity contribution in [1.82, 2.24) is 0 Å². The summed E-state index contributed by atoms with van der Waals surface area (Å²) < 4.78 is 5.36. The van der Waals surface area contributed by atoms with E-state index in [0.717, 1.165) is 25.7 Å². The van der Waals surface area contributed by atoms with Crippen molar-refractivity contribution < 1.29 is 9.84 Å². The third-order valence-electron chi connectivity index (χ3n) is 4.49. The largest absolute Gasteiger partial charge is 0.388 e. The van der Waals surface area contributed by atoms with Gasteiger partial charge in [0.1, 0.15) is 0 Å². The molecule has 0 radical (unpaired) electrons. The SMILES string of the molecule is CC1CC(C)CC(O)(C2(N)CCOCC2)C1. The Morgan fingerprint density at radius 3 is 2.12 bits per heavy atom. The molecule has 0 spiro atoms. The molecule has 0 bridgehead atoms. The van der Waals surface area contributed by atoms with Gasteiger partial charge in [0.2, 0.25) is 0 Å². The van der Waals surface area contributed by atoms with E-state index < -0.39 is 11.1 Å². The van der Waals surface area contributed by atoms with E-state index in [4.69, 9.17) is 10.5 Å². The number of aliphatic hydroxyl groups is 1. The number of hydrogen-bond donors (Lipinski definition) is 2. The van der Waals surface area contributed by atoms with Crippen LogP contribution in [0.3, 0.4) is 0 Å². The molecule has 3 nitrogen and oxygen atoms in total. The van der Waals surface area contributed by atoms with Crippen molar-refractivity contribution in [3.8, 4) is 0 Å². The standard InChI is InChI=1S/C13H25NO2/c1-10-7-11(2)9-13(15,8-10)12(14)3-5-16-6-4-12/h10-11,15H,3-9,14H2,1-2H3. The van der Waals surface area contributed by atoms with Gasteiger partial charge >= 0.3 is 0 Å². The second kappa shape index (κ2) is 4.28. The van der Waals surface area contributed by atoms with Gasteiger partial charge in [-0.05, 0) is 43.9 Å². The molecule has 3 N–H and O–H groups in total. The number of ether oxygens (including phenoxy) is 1. The van der Waals surface area contributed by atoms with Crippen LogP contribution >= 0.6 is 0 Å². The molecule has 2 fully saturated rings. The summed E-state index contributed by atoms with van der Waals surface area (Å²) in [6, 6.07) is 0. The molecule has 1 aliphatic carbocycles. The molecule has 0 amide bonds. The number of rotatable bonds is 1. The first-order valence-electron chi connectivity index (χ1n) is 6.54. The number of nitrogens with two attached hydrogens (primary N) is 1. The first kappa shape index (κ1) is 12.3. The van der Waals surface area contributed by atoms with Gasteiger partial charge in [-0.25, -0.2) is 0 Å². The van der Waals surface area contributed by atoms with Crippen molar-refractivity contribution in [3.05, 3.63) is 0 Å². The Morgan fingerprint density at radius 1 is 1.12 bits per heavy atom. The fourth-order valence-corrected chi connectivity index (χ4v) is 3.70. The molecule has 2 aliphatic rings. The van der Waals surface area contributed by atoms with Crippen LogP contribution in [-0.2, 0) is 4.74 Å². The maximum absolute atomic E-state index is 10.9. The lowest BCUT2D eigenvalue weighted by atomic mass is 9.62. The second-order valence-electron chi connectivity index (χ2n) is 6.15. The van der Waals surface area contributed by atoms with Crippen LogP contribution in [0.25, 0.3) is 0 Å². The Balaban J connectivity index is 2.15. The Morgan fingerprint density at radius 2 is 1.62 bits per heavy atom. The van der Waals surface area contributed by atoms with E-state index in [2.05, 4.69) is 13.8 Å². The van der Waals surface area contributed by atoms with Gasteiger partial charge in [-0.15, -0.1) is 0 Å². The van der Waals surface area contributed by atoms with Crippen LogP contribution in [0.15, 0.2) is 0 Å². The molecule has 16 heavy (non-hydrogen) atoms. The van der Waals surface area contributed by atoms with E-state index in [9.17, 15) is 5.11 Å². The van der Waals surface area contributed by atoms with Crippen LogP contribution in [0, 0.1) is 11.8 Å². The van der Waals surface area contributed by atoms with Crippen LogP contribution in [0.1, 0.15) is 46.0 Å². The maximum atomic E-state index is 10.9. The summed E-state index contributed by atoms with van der Waals surface area (Å²) in [6.07, 6.45) is 4.52. The molecule has 94 valence electrons. The van der Waals surface area contributed by atoms with Crippen molar-refractivity contribution in [2.75, 3.05) is 13.2 Å². The molecular formula is C13H25NO2. The number of hydrogen-bond acceptors (Lipinski definition) is 3. The fraction of sp³-hybridized carbons (Fsp3) is 1.00. The van der Waals surface area contributed by atoms with Gasteiger partial charge in [0.15, 0.2) is 0 Å². The normalized spacial score (nSPS) is 44.2. The van der Waals surface area contributed by atoms with Crippen molar-refractivity contribution in [2.24, 2.45) is 17.6 Å². The van der Waals surface area contributed by atoms with Crippen molar-refractivity contribution in [2.45, 2.75) is 57.1 Å². The molecule has 1 aliphatic heterocycles. The lowest BCUT2D eigenvalue weighted by Gasteiger charge is -2.51. The van der Waals surface area contributed by atoms with Gasteiger partial charge in [0, 0.05) is 18.8 Å². The second-order valence-corrected chi connectivity index (χ2v) is 6.15. The van der Waals surface area contributed by atoms with Crippen LogP contribution < -0.4 is 5.73 Å². The molecule has 2 rings (SSSR count). The van der Waals surface area contributed by atoms with E-state index in [0.29, 0.717) is 25.0 Å². The smallest absolute Gasteiger partial charge is 0.0833 e. The topological polar surface area (TPSA) is 55.5 Å². The Hall–Kier alpha value is -0.120. The minimum absolute atomic E-state index is 0.422. The summed E-state index contributed by atoms with van der Waals surface area (Å²) in [7, 11) is 0. The molecule has 3 heteroatoms. The average Bonchev–Trinajstić information content (AvgIpc) is 2.16. The van der Waals surface area contributed by atoms with E-state index in [-0.39, 0.29) is 0 Å². The highest BCUT2D eigenvalue weighted by atomic mass is 16.5. The van der Waals surface area contributed by atoms with Crippen LogP contribution in [-0.4, -0.2) is 29.5 Å². The van der Waals surface area contributed by atoms with E-state index in [1.165, 1.54) is 6.42 Å². The lowest BCUT2D eigenvalue weighted by Crippen LogP contribution is -2.65. The molecule has 0 aromatic heterocycles. The van der Waals surface area contributed by atoms with Gasteiger partial charge in [0.05, 0.1) is 5.60 Å². The van der Waals surface area contributed by atoms with E-state index in [1.807, 2.05) is 0 Å². The predicted molar refractivity (Wildman–Crippen MR) is 64.1 cm³/mol. The fourth-order valence-electron chi connectivity index (χ4n) is 3.70. The third kappa shape index (κ3) is 2.13. The Bertz CT molecular complexity index is 238. The minimum atomic E-state index is -0.673. The zero-order valence-corrected chi connectivity index (χ0v) is 10.5. The summed E-state index contributed by atoms with van der Waals surface area (Å²) >= 11 is 0. The molecule has 1 saturated carbocycles. The zero-order valence-electron chi connectivity index (χ0n) is 10.5. The molecule has 1 heterocycles. The molecule has 2 unspecified atom stereocenters. The van der Waals surface area contributed by atoms with Crippen molar-refractivity contribution in [3.63, 3.8) is 0 Å². The third-order valence-corrected chi connectivity index (χ3v) is 4.49. The monoisotopic (exact) mass is 227 g/mol. The highest BCUT2D eigenvalue weighted by Gasteiger charge is 2.51. The van der Waals surface area contributed by atoms with Gasteiger partial charge in [-0.2, -0.15) is 0 Å². The summed E-state index contributed by atoms with van der Waals surface area (Å²) in [5.41, 5.74) is 5.37. The molecule has 2 atom stereocenters. The van der Waals surface area contributed by atoms with Gasteiger partial charge < -0.3 is 15.6 Å². The van der Waals surface area contributed by atoms with Gasteiger partial charge in [-0.3, -0.25) is 0 Å². The molecule has 0 aromatic carbocycles. The quantitative estimate of drug-likeness (QED) is 0.716. The average molecular weight is 227 g/mol. The zero-order chi connectivity index (χ0) is 11.8. The predicted octanol–water partition coefficient (Wildman–Crippen LogP) is 1.68. The van der Waals surface area contributed by atoms with Gasteiger partial charge in [0.25, 0.3) is 0 Å². The summed E-state index contributed by atoms with van der Waals surface area (Å²) in [5, 5.41) is 10.9. The van der Waals surface area contributed by atoms with Crippen LogP contribution in [0.4, 0.5) is 0 Å². The minimum Gasteiger partial charge on any atom is -0.388 e. The summed E-state index contributed by atoms with van der Waals surface area (Å²) in [4.78, 5) is 0. The van der Waals surface area contributed by atoms with Crippen LogP contribution in [0.5, 0.6) is 0 Å². The molecule has 1 saturated heterocycles. The highest BCUT2D eigenvalue weighted by molar-refractivity contribution is 5.07. The summed E-state index contributed by atoms with van der Waals surface area (Å²) in [6.45, 7) is 5.84.